The van der Waals surface area contributed by atoms with Crippen LogP contribution in [-0.4, -0.2) is 33.6 Å². The van der Waals surface area contributed by atoms with E-state index in [1.54, 1.807) is 26.1 Å². The number of fused-ring (bicyclic) bond motifs is 1. The Labute approximate surface area is 139 Å². The lowest BCUT2D eigenvalue weighted by atomic mass is 10.2. The van der Waals surface area contributed by atoms with Crippen molar-refractivity contribution < 1.29 is 12.9 Å². The summed E-state index contributed by atoms with van der Waals surface area (Å²) in [4.78, 5) is 5.61. The molecule has 0 aliphatic carbocycles. The largest absolute Gasteiger partial charge is 0.338 e. The van der Waals surface area contributed by atoms with Crippen molar-refractivity contribution in [1.82, 2.24) is 29.9 Å². The second kappa shape index (κ2) is 5.95. The highest BCUT2D eigenvalue weighted by Crippen LogP contribution is 2.22. The zero-order valence-electron chi connectivity index (χ0n) is 13.8. The van der Waals surface area contributed by atoms with Gasteiger partial charge in [0, 0.05) is 13.0 Å². The van der Waals surface area contributed by atoms with Crippen LogP contribution in [0.1, 0.15) is 44.4 Å². The molecular weight excluding hydrogens is 332 g/mol. The summed E-state index contributed by atoms with van der Waals surface area (Å²) in [6.07, 6.45) is 0. The summed E-state index contributed by atoms with van der Waals surface area (Å²) in [6.45, 7) is 5.50. The molecule has 3 rings (SSSR count). The van der Waals surface area contributed by atoms with Crippen LogP contribution in [0, 0.1) is 0 Å². The van der Waals surface area contributed by atoms with Gasteiger partial charge in [-0.3, -0.25) is 0 Å². The predicted molar refractivity (Wildman–Crippen MR) is 85.6 cm³/mol. The quantitative estimate of drug-likeness (QED) is 0.741. The van der Waals surface area contributed by atoms with Gasteiger partial charge in [-0.25, -0.2) is 8.42 Å². The highest BCUT2D eigenvalue weighted by molar-refractivity contribution is 7.89. The molecule has 0 unspecified atom stereocenters. The van der Waals surface area contributed by atoms with Crippen molar-refractivity contribution in [2.24, 2.45) is 7.05 Å². The van der Waals surface area contributed by atoms with Gasteiger partial charge in [-0.05, 0) is 19.1 Å². The Morgan fingerprint density at radius 2 is 1.96 bits per heavy atom. The molecule has 0 bridgehead atoms. The van der Waals surface area contributed by atoms with E-state index in [-0.39, 0.29) is 16.7 Å². The molecule has 2 aromatic heterocycles. The van der Waals surface area contributed by atoms with E-state index < -0.39 is 16.1 Å². The first kappa shape index (κ1) is 16.5. The summed E-state index contributed by atoms with van der Waals surface area (Å²) in [6, 6.07) is 4.15. The van der Waals surface area contributed by atoms with Crippen molar-refractivity contribution in [3.63, 3.8) is 0 Å². The van der Waals surface area contributed by atoms with Crippen LogP contribution in [0.4, 0.5) is 0 Å². The molecule has 0 aliphatic rings. The van der Waals surface area contributed by atoms with Crippen molar-refractivity contribution in [2.45, 2.75) is 37.6 Å². The van der Waals surface area contributed by atoms with E-state index in [1.165, 1.54) is 10.9 Å². The molecule has 3 aromatic rings. The van der Waals surface area contributed by atoms with Gasteiger partial charge < -0.3 is 4.52 Å². The first-order valence-corrected chi connectivity index (χ1v) is 8.92. The smallest absolute Gasteiger partial charge is 0.244 e. The highest BCUT2D eigenvalue weighted by Gasteiger charge is 2.25. The van der Waals surface area contributed by atoms with Crippen LogP contribution >= 0.6 is 0 Å². The minimum absolute atomic E-state index is 0.0588. The van der Waals surface area contributed by atoms with E-state index in [1.807, 2.05) is 13.8 Å². The fraction of sp³-hybridized carbons (Fsp3) is 0.429. The Balaban J connectivity index is 1.92. The van der Waals surface area contributed by atoms with E-state index >= 15 is 0 Å². The van der Waals surface area contributed by atoms with Gasteiger partial charge in [0.1, 0.15) is 15.9 Å². The second-order valence-corrected chi connectivity index (χ2v) is 7.48. The predicted octanol–water partition coefficient (Wildman–Crippen LogP) is 1.51. The Morgan fingerprint density at radius 3 is 2.62 bits per heavy atom. The Kier molecular flexibility index (Phi) is 4.10. The number of nitrogens with zero attached hydrogens (tertiary/aromatic N) is 5. The van der Waals surface area contributed by atoms with E-state index in [2.05, 4.69) is 25.1 Å². The fourth-order valence-electron chi connectivity index (χ4n) is 2.24. The van der Waals surface area contributed by atoms with Crippen molar-refractivity contribution in [1.29, 1.82) is 0 Å². The first-order chi connectivity index (χ1) is 11.3. The molecule has 0 spiro atoms. The summed E-state index contributed by atoms with van der Waals surface area (Å²) in [7, 11) is -2.19. The maximum absolute atomic E-state index is 12.7. The number of aromatic nitrogens is 5. The Hall–Kier alpha value is -2.33. The number of hydrogen-bond acceptors (Lipinski definition) is 7. The van der Waals surface area contributed by atoms with Crippen LogP contribution in [-0.2, 0) is 17.1 Å². The van der Waals surface area contributed by atoms with E-state index in [9.17, 15) is 8.42 Å². The van der Waals surface area contributed by atoms with Crippen LogP contribution < -0.4 is 4.72 Å². The van der Waals surface area contributed by atoms with Crippen LogP contribution in [0.2, 0.25) is 0 Å². The summed E-state index contributed by atoms with van der Waals surface area (Å²) < 4.78 is 33.1. The molecule has 1 aromatic carbocycles. The molecule has 0 amide bonds. The molecule has 24 heavy (non-hydrogen) atoms. The zero-order valence-corrected chi connectivity index (χ0v) is 14.6. The van der Waals surface area contributed by atoms with Gasteiger partial charge in [-0.1, -0.05) is 25.1 Å². The number of nitrogens with one attached hydrogen (secondary N) is 1. The minimum Gasteiger partial charge on any atom is -0.338 e. The summed E-state index contributed by atoms with van der Waals surface area (Å²) in [5.74, 6) is 0.848. The van der Waals surface area contributed by atoms with E-state index in [0.29, 0.717) is 16.9 Å². The molecule has 1 N–H and O–H groups in total. The first-order valence-electron chi connectivity index (χ1n) is 7.44. The maximum Gasteiger partial charge on any atom is 0.244 e. The molecule has 2 heterocycles. The van der Waals surface area contributed by atoms with Crippen LogP contribution in [0.25, 0.3) is 11.0 Å². The topological polar surface area (TPSA) is 116 Å². The summed E-state index contributed by atoms with van der Waals surface area (Å²) in [5.41, 5.74) is 0.820. The van der Waals surface area contributed by atoms with Crippen molar-refractivity contribution in [3.8, 4) is 0 Å². The van der Waals surface area contributed by atoms with Gasteiger partial charge in [0.05, 0.1) is 6.04 Å². The SMILES string of the molecule is CC(C)c1noc([C@@H](C)NS(=O)(=O)c2cccc3nn(C)nc23)n1. The lowest BCUT2D eigenvalue weighted by Gasteiger charge is -2.10. The second-order valence-electron chi connectivity index (χ2n) is 5.80. The van der Waals surface area contributed by atoms with Gasteiger partial charge in [-0.2, -0.15) is 24.7 Å². The molecule has 0 aliphatic heterocycles. The number of rotatable bonds is 5. The van der Waals surface area contributed by atoms with Crippen molar-refractivity contribution in [3.05, 3.63) is 29.9 Å². The molecule has 0 fully saturated rings. The monoisotopic (exact) mass is 350 g/mol. The lowest BCUT2D eigenvalue weighted by molar-refractivity contribution is 0.348. The third-order valence-electron chi connectivity index (χ3n) is 3.44. The fourth-order valence-corrected chi connectivity index (χ4v) is 3.59. The molecule has 0 saturated carbocycles. The molecule has 10 heteroatoms. The summed E-state index contributed by atoms with van der Waals surface area (Å²) in [5, 5.41) is 12.1. The maximum atomic E-state index is 12.7. The van der Waals surface area contributed by atoms with Crippen molar-refractivity contribution >= 4 is 21.1 Å². The molecule has 1 atom stereocenters. The highest BCUT2D eigenvalue weighted by atomic mass is 32.2. The molecule has 9 nitrogen and oxygen atoms in total. The van der Waals surface area contributed by atoms with Gasteiger partial charge >= 0.3 is 0 Å². The standard InChI is InChI=1S/C14H18N6O3S/c1-8(2)13-15-14(23-18-13)9(3)19-24(21,22)11-7-5-6-10-12(11)17-20(4)16-10/h5-9,19H,1-4H3/t9-/m1/s1. The van der Waals surface area contributed by atoms with Crippen molar-refractivity contribution in [2.75, 3.05) is 0 Å². The number of benzene rings is 1. The van der Waals surface area contributed by atoms with Gasteiger partial charge in [0.25, 0.3) is 0 Å². The number of aryl methyl sites for hydroxylation is 1. The third kappa shape index (κ3) is 3.02. The third-order valence-corrected chi connectivity index (χ3v) is 5.01. The summed E-state index contributed by atoms with van der Waals surface area (Å²) >= 11 is 0. The molecule has 0 radical (unpaired) electrons. The number of hydrogen-bond donors (Lipinski definition) is 1. The minimum atomic E-state index is -3.83. The van der Waals surface area contributed by atoms with E-state index in [4.69, 9.17) is 4.52 Å². The van der Waals surface area contributed by atoms with Crippen LogP contribution in [0.3, 0.4) is 0 Å². The van der Waals surface area contributed by atoms with Gasteiger partial charge in [0.15, 0.2) is 5.82 Å². The average molecular weight is 350 g/mol. The molecule has 0 saturated heterocycles. The lowest BCUT2D eigenvalue weighted by Crippen LogP contribution is -2.27. The van der Waals surface area contributed by atoms with E-state index in [0.717, 1.165) is 0 Å². The van der Waals surface area contributed by atoms with Gasteiger partial charge in [0.2, 0.25) is 15.9 Å². The normalized spacial score (nSPS) is 13.7. The molecular formula is C14H18N6O3S. The zero-order chi connectivity index (χ0) is 17.5. The Bertz CT molecular complexity index is 975. The van der Waals surface area contributed by atoms with Crippen LogP contribution in [0.5, 0.6) is 0 Å². The van der Waals surface area contributed by atoms with Crippen LogP contribution in [0.15, 0.2) is 27.6 Å². The molecule has 128 valence electrons. The van der Waals surface area contributed by atoms with Gasteiger partial charge in [-0.15, -0.1) is 0 Å². The number of sulfonamides is 1. The Morgan fingerprint density at radius 1 is 1.21 bits per heavy atom. The average Bonchev–Trinajstić information content (AvgIpc) is 3.11.